The molecule has 2 saturated carbocycles. The predicted molar refractivity (Wildman–Crippen MR) is 97.5 cm³/mol. The first-order valence-electron chi connectivity index (χ1n) is 8.28. The fourth-order valence-electron chi connectivity index (χ4n) is 3.27. The molecule has 4 nitrogen and oxygen atoms in total. The molecule has 0 N–H and O–H groups in total. The minimum absolute atomic E-state index is 0. The maximum Gasteiger partial charge on any atom is 0.124 e. The Morgan fingerprint density at radius 3 is 1.71 bits per heavy atom. The molecule has 0 aromatic carbocycles. The molecule has 0 heterocycles. The van der Waals surface area contributed by atoms with Crippen LogP contribution in [0, 0.1) is 52.9 Å². The van der Waals surface area contributed by atoms with E-state index in [1.165, 1.54) is 0 Å². The van der Waals surface area contributed by atoms with Gasteiger partial charge in [-0.3, -0.25) is 0 Å². The van der Waals surface area contributed by atoms with E-state index in [1.807, 2.05) is 12.2 Å². The summed E-state index contributed by atoms with van der Waals surface area (Å²) >= 11 is 0. The SMILES string of the molecule is CC(C)(C)[Si](C)(C)[C]1[CH][CH][CH][CH]1.O=N[C@@H]1[C@H](N=O)[C@H]2C=C[C@@H]1C2.[Co]. The Morgan fingerprint density at radius 2 is 1.38 bits per heavy atom. The number of rotatable bonds is 3. The zero-order valence-electron chi connectivity index (χ0n) is 15.0. The summed E-state index contributed by atoms with van der Waals surface area (Å²) in [6.07, 6.45) is 13.7. The van der Waals surface area contributed by atoms with Gasteiger partial charge >= 0.3 is 0 Å². The molecule has 134 valence electrons. The molecule has 0 aromatic heterocycles. The molecule has 3 rings (SSSR count). The smallest absolute Gasteiger partial charge is 0.124 e. The second-order valence-corrected chi connectivity index (χ2v) is 13.5. The predicted octanol–water partition coefficient (Wildman–Crippen LogP) is 4.90. The van der Waals surface area contributed by atoms with E-state index in [0.717, 1.165) is 6.42 Å². The molecular weight excluding hydrogens is 363 g/mol. The van der Waals surface area contributed by atoms with Crippen molar-refractivity contribution in [2.24, 2.45) is 22.2 Å². The van der Waals surface area contributed by atoms with Crippen LogP contribution in [0.1, 0.15) is 27.2 Å². The van der Waals surface area contributed by atoms with Crippen LogP contribution < -0.4 is 0 Å². The van der Waals surface area contributed by atoms with Gasteiger partial charge in [0, 0.05) is 28.6 Å². The van der Waals surface area contributed by atoms with E-state index in [4.69, 9.17) is 0 Å². The van der Waals surface area contributed by atoms with Crippen LogP contribution >= 0.6 is 0 Å². The van der Waals surface area contributed by atoms with Crippen molar-refractivity contribution in [2.75, 3.05) is 0 Å². The average Bonchev–Trinajstić information content (AvgIpc) is 3.21. The second-order valence-electron chi connectivity index (χ2n) is 8.19. The summed E-state index contributed by atoms with van der Waals surface area (Å²) in [7, 11) is -1.23. The molecule has 2 bridgehead atoms. The zero-order chi connectivity index (χ0) is 17.3. The number of hydrogen-bond donors (Lipinski definition) is 0. The largest absolute Gasteiger partial charge is 0.150 e. The van der Waals surface area contributed by atoms with Crippen LogP contribution in [0.4, 0.5) is 0 Å². The van der Waals surface area contributed by atoms with E-state index in [9.17, 15) is 9.81 Å². The summed E-state index contributed by atoms with van der Waals surface area (Å²) in [5.74, 6) is 0.361. The van der Waals surface area contributed by atoms with Gasteiger partial charge in [-0.1, -0.05) is 56.4 Å². The van der Waals surface area contributed by atoms with E-state index < -0.39 is 8.07 Å². The van der Waals surface area contributed by atoms with Crippen molar-refractivity contribution in [3.05, 3.63) is 53.2 Å². The average molecular weight is 390 g/mol. The van der Waals surface area contributed by atoms with E-state index in [1.54, 1.807) is 5.54 Å². The summed E-state index contributed by atoms with van der Waals surface area (Å²) in [5, 5.41) is 6.31. The van der Waals surface area contributed by atoms with Crippen molar-refractivity contribution in [1.29, 1.82) is 0 Å². The van der Waals surface area contributed by atoms with Gasteiger partial charge in [-0.25, -0.2) is 0 Å². The van der Waals surface area contributed by atoms with Crippen molar-refractivity contribution < 1.29 is 16.8 Å². The van der Waals surface area contributed by atoms with Crippen LogP contribution in [0.3, 0.4) is 0 Å². The molecule has 24 heavy (non-hydrogen) atoms. The van der Waals surface area contributed by atoms with Crippen molar-refractivity contribution in [1.82, 2.24) is 0 Å². The zero-order valence-corrected chi connectivity index (χ0v) is 17.1. The Kier molecular flexibility index (Phi) is 7.56. The normalized spacial score (nSPS) is 32.0. The number of fused-ring (bicyclic) bond motifs is 2. The monoisotopic (exact) mass is 390 g/mol. The third-order valence-electron chi connectivity index (χ3n) is 5.88. The van der Waals surface area contributed by atoms with Gasteiger partial charge in [-0.2, -0.15) is 9.81 Å². The van der Waals surface area contributed by atoms with Gasteiger partial charge in [0.05, 0.1) is 8.07 Å². The van der Waals surface area contributed by atoms with Gasteiger partial charge in [0.15, 0.2) is 0 Å². The van der Waals surface area contributed by atoms with E-state index in [0.29, 0.717) is 5.04 Å². The van der Waals surface area contributed by atoms with Gasteiger partial charge in [0.1, 0.15) is 12.1 Å². The van der Waals surface area contributed by atoms with Crippen LogP contribution in [-0.4, -0.2) is 20.2 Å². The Hall–Kier alpha value is -0.337. The van der Waals surface area contributed by atoms with Gasteiger partial charge in [-0.05, 0) is 42.7 Å². The number of hydrogen-bond acceptors (Lipinski definition) is 4. The number of nitroso groups, excluding NO2 is 2. The third-order valence-corrected chi connectivity index (χ3v) is 11.4. The molecule has 6 radical (unpaired) electrons. The maximum absolute atomic E-state index is 10.3. The third kappa shape index (κ3) is 4.25. The molecule has 0 unspecified atom stereocenters. The quantitative estimate of drug-likeness (QED) is 0.391. The van der Waals surface area contributed by atoms with Crippen molar-refractivity contribution in [3.8, 4) is 0 Å². The summed E-state index contributed by atoms with van der Waals surface area (Å²) in [4.78, 5) is 20.6. The standard InChI is InChI=1S/C11H19Si.C7H8N2O2.Co/c1-11(2,3)12(4,5)10-8-6-7-9-10;10-8-6-4-1-2-5(3-4)7(6)9-11;/h6-9H,1-5H3;1-2,4-7H,3H2;/t;4-,5+,6+,7-;. The molecule has 0 saturated heterocycles. The maximum atomic E-state index is 10.3. The Balaban J connectivity index is 0.000000231. The molecule has 4 atom stereocenters. The van der Waals surface area contributed by atoms with Gasteiger partial charge in [0.2, 0.25) is 0 Å². The van der Waals surface area contributed by atoms with Crippen LogP contribution in [-0.2, 0) is 16.8 Å². The van der Waals surface area contributed by atoms with Crippen molar-refractivity contribution >= 4 is 8.07 Å². The number of nitrogens with zero attached hydrogens (tertiary/aromatic N) is 2. The van der Waals surface area contributed by atoms with Gasteiger partial charge in [-0.15, -0.1) is 0 Å². The molecule has 6 heteroatoms. The van der Waals surface area contributed by atoms with E-state index in [2.05, 4.69) is 69.9 Å². The second kappa shape index (κ2) is 8.36. The summed E-state index contributed by atoms with van der Waals surface area (Å²) in [6.45, 7) is 12.0. The molecule has 0 amide bonds. The minimum Gasteiger partial charge on any atom is -0.150 e. The van der Waals surface area contributed by atoms with E-state index >= 15 is 0 Å². The van der Waals surface area contributed by atoms with Crippen LogP contribution in [0.5, 0.6) is 0 Å². The Bertz CT molecular complexity index is 448. The summed E-state index contributed by atoms with van der Waals surface area (Å²) in [6, 6.07) is -0.773. The summed E-state index contributed by atoms with van der Waals surface area (Å²) < 4.78 is 0. The minimum atomic E-state index is -1.23. The first-order valence-corrected chi connectivity index (χ1v) is 11.3. The Morgan fingerprint density at radius 1 is 0.958 bits per heavy atom. The van der Waals surface area contributed by atoms with Crippen LogP contribution in [0.25, 0.3) is 0 Å². The van der Waals surface area contributed by atoms with E-state index in [-0.39, 0.29) is 40.7 Å². The van der Waals surface area contributed by atoms with Crippen molar-refractivity contribution in [3.63, 3.8) is 0 Å². The Labute approximate surface area is 157 Å². The first-order chi connectivity index (χ1) is 10.7. The molecule has 0 spiro atoms. The fourth-order valence-corrected chi connectivity index (χ4v) is 5.17. The molecule has 2 fully saturated rings. The molecular formula is C18H27CoN2O2Si. The fraction of sp³-hybridized carbons (Fsp3) is 0.611. The topological polar surface area (TPSA) is 58.9 Å². The van der Waals surface area contributed by atoms with Crippen LogP contribution in [0.2, 0.25) is 18.1 Å². The van der Waals surface area contributed by atoms with Gasteiger partial charge < -0.3 is 0 Å². The van der Waals surface area contributed by atoms with Gasteiger partial charge in [0.25, 0.3) is 0 Å². The van der Waals surface area contributed by atoms with Crippen LogP contribution in [0.15, 0.2) is 22.5 Å². The van der Waals surface area contributed by atoms with Crippen molar-refractivity contribution in [2.45, 2.75) is 57.4 Å². The first kappa shape index (κ1) is 21.7. The molecule has 3 aliphatic carbocycles. The molecule has 3 aliphatic rings. The molecule has 0 aliphatic heterocycles. The molecule has 0 aromatic rings. The summed E-state index contributed by atoms with van der Waals surface area (Å²) in [5.41, 5.74) is 1.58.